The van der Waals surface area contributed by atoms with Crippen LogP contribution in [0.4, 0.5) is 0 Å². The number of nitrogens with zero attached hydrogens (tertiary/aromatic N) is 1. The summed E-state index contributed by atoms with van der Waals surface area (Å²) in [5.41, 5.74) is 3.07. The molecule has 5 heteroatoms. The van der Waals surface area contributed by atoms with E-state index in [1.54, 1.807) is 0 Å². The van der Waals surface area contributed by atoms with Crippen molar-refractivity contribution >= 4 is 17.5 Å². The van der Waals surface area contributed by atoms with Crippen molar-refractivity contribution in [3.05, 3.63) is 41.1 Å². The zero-order valence-electron chi connectivity index (χ0n) is 18.2. The summed E-state index contributed by atoms with van der Waals surface area (Å²) < 4.78 is 10.5. The first kappa shape index (κ1) is 21.8. The fourth-order valence-corrected chi connectivity index (χ4v) is 4.58. The molecule has 30 heavy (non-hydrogen) atoms. The standard InChI is InChI=1S/C25H29NO4/c1-6-12-30-17-10-8-16(9-11-17)13-18-22-20(14-25(3,4)15-21(22)27)26-19(7-2)23(18)24(28)29-5/h1,8-11,18,22H,7,12-15H2,2-5H3. The van der Waals surface area contributed by atoms with Crippen LogP contribution in [0.25, 0.3) is 0 Å². The third-order valence-corrected chi connectivity index (χ3v) is 5.82. The lowest BCUT2D eigenvalue weighted by atomic mass is 9.63. The molecule has 0 amide bonds. The van der Waals surface area contributed by atoms with E-state index in [1.165, 1.54) is 7.11 Å². The average molecular weight is 408 g/mol. The minimum absolute atomic E-state index is 0.116. The zero-order chi connectivity index (χ0) is 21.9. The van der Waals surface area contributed by atoms with Crippen LogP contribution in [-0.2, 0) is 20.7 Å². The van der Waals surface area contributed by atoms with E-state index in [-0.39, 0.29) is 29.6 Å². The van der Waals surface area contributed by atoms with Crippen LogP contribution in [-0.4, -0.2) is 31.2 Å². The molecule has 1 aliphatic heterocycles. The van der Waals surface area contributed by atoms with Crippen LogP contribution in [0.5, 0.6) is 5.75 Å². The molecule has 1 heterocycles. The number of carbonyl (C=O) groups excluding carboxylic acids is 2. The van der Waals surface area contributed by atoms with Crippen LogP contribution < -0.4 is 4.74 Å². The highest BCUT2D eigenvalue weighted by Crippen LogP contribution is 2.44. The van der Waals surface area contributed by atoms with Crippen LogP contribution in [0.1, 0.15) is 45.6 Å². The van der Waals surface area contributed by atoms with Crippen LogP contribution in [0.2, 0.25) is 0 Å². The van der Waals surface area contributed by atoms with E-state index >= 15 is 0 Å². The van der Waals surface area contributed by atoms with Gasteiger partial charge >= 0.3 is 5.97 Å². The number of rotatable bonds is 6. The summed E-state index contributed by atoms with van der Waals surface area (Å²) >= 11 is 0. The van der Waals surface area contributed by atoms with E-state index in [0.29, 0.717) is 30.6 Å². The molecule has 1 aromatic carbocycles. The zero-order valence-corrected chi connectivity index (χ0v) is 18.2. The van der Waals surface area contributed by atoms with E-state index in [0.717, 1.165) is 23.4 Å². The molecule has 2 unspecified atom stereocenters. The van der Waals surface area contributed by atoms with E-state index < -0.39 is 5.97 Å². The lowest BCUT2D eigenvalue weighted by Crippen LogP contribution is -2.45. The van der Waals surface area contributed by atoms with Gasteiger partial charge in [-0.1, -0.05) is 38.8 Å². The number of esters is 1. The maximum absolute atomic E-state index is 13.2. The summed E-state index contributed by atoms with van der Waals surface area (Å²) in [7, 11) is 1.38. The molecule has 3 rings (SSSR count). The Hall–Kier alpha value is -2.87. The number of Topliss-reactive ketones (excluding diaryl/α,β-unsaturated/α-hetero) is 1. The monoisotopic (exact) mass is 407 g/mol. The Kier molecular flexibility index (Phi) is 6.45. The van der Waals surface area contributed by atoms with E-state index in [9.17, 15) is 9.59 Å². The quantitative estimate of drug-likeness (QED) is 0.525. The molecule has 0 aromatic heterocycles. The molecule has 158 valence electrons. The first-order chi connectivity index (χ1) is 14.3. The van der Waals surface area contributed by atoms with Gasteiger partial charge in [0.05, 0.1) is 24.3 Å². The molecule has 1 saturated carbocycles. The Bertz CT molecular complexity index is 931. The molecule has 2 atom stereocenters. The molecule has 0 spiro atoms. The first-order valence-electron chi connectivity index (χ1n) is 10.4. The van der Waals surface area contributed by atoms with Crippen LogP contribution in [0, 0.1) is 29.6 Å². The van der Waals surface area contributed by atoms with Crippen molar-refractivity contribution in [2.24, 2.45) is 22.2 Å². The van der Waals surface area contributed by atoms with E-state index in [2.05, 4.69) is 19.8 Å². The third kappa shape index (κ3) is 4.48. The minimum Gasteiger partial charge on any atom is -0.481 e. The normalized spacial score (nSPS) is 22.6. The molecule has 0 N–H and O–H groups in total. The number of ether oxygens (including phenoxy) is 2. The molecule has 5 nitrogen and oxygen atoms in total. The summed E-state index contributed by atoms with van der Waals surface area (Å²) in [5.74, 6) is 2.24. The van der Waals surface area contributed by atoms with Gasteiger partial charge in [0.2, 0.25) is 0 Å². The van der Waals surface area contributed by atoms with Gasteiger partial charge in [-0.05, 0) is 42.4 Å². The largest absolute Gasteiger partial charge is 0.481 e. The number of hydrogen-bond donors (Lipinski definition) is 0. The maximum Gasteiger partial charge on any atom is 0.335 e. The number of fused-ring (bicyclic) bond motifs is 1. The summed E-state index contributed by atoms with van der Waals surface area (Å²) in [6, 6.07) is 7.63. The van der Waals surface area contributed by atoms with E-state index in [1.807, 2.05) is 31.2 Å². The van der Waals surface area contributed by atoms with Crippen molar-refractivity contribution in [2.45, 2.75) is 46.5 Å². The van der Waals surface area contributed by atoms with Crippen molar-refractivity contribution in [1.29, 1.82) is 0 Å². The molecule has 0 radical (unpaired) electrons. The number of ketones is 1. The number of methoxy groups -OCH3 is 1. The fourth-order valence-electron chi connectivity index (χ4n) is 4.58. The SMILES string of the molecule is C#CCOc1ccc(CC2C(C(=O)OC)=C(CC)N=C3CC(C)(C)CC(=O)C32)cc1. The Balaban J connectivity index is 1.99. The third-order valence-electron chi connectivity index (χ3n) is 5.82. The lowest BCUT2D eigenvalue weighted by Gasteiger charge is -2.41. The first-order valence-corrected chi connectivity index (χ1v) is 10.4. The number of terminal acetylenes is 1. The topological polar surface area (TPSA) is 65.0 Å². The van der Waals surface area contributed by atoms with Gasteiger partial charge in [0.1, 0.15) is 18.1 Å². The molecule has 0 bridgehead atoms. The van der Waals surface area contributed by atoms with Crippen LogP contribution in [0.3, 0.4) is 0 Å². The predicted octanol–water partition coefficient (Wildman–Crippen LogP) is 4.15. The number of aliphatic imine (C=N–C) groups is 1. The second-order valence-electron chi connectivity index (χ2n) is 8.72. The summed E-state index contributed by atoms with van der Waals surface area (Å²) in [6.45, 7) is 6.38. The maximum atomic E-state index is 13.2. The molecule has 0 saturated heterocycles. The second-order valence-corrected chi connectivity index (χ2v) is 8.72. The number of benzene rings is 1. The van der Waals surface area contributed by atoms with Gasteiger partial charge in [-0.3, -0.25) is 9.79 Å². The van der Waals surface area contributed by atoms with Crippen molar-refractivity contribution < 1.29 is 19.1 Å². The average Bonchev–Trinajstić information content (AvgIpc) is 2.71. The summed E-state index contributed by atoms with van der Waals surface area (Å²) in [4.78, 5) is 30.7. The Morgan fingerprint density at radius 3 is 2.57 bits per heavy atom. The van der Waals surface area contributed by atoms with Crippen LogP contribution >= 0.6 is 0 Å². The smallest absolute Gasteiger partial charge is 0.335 e. The van der Waals surface area contributed by atoms with Crippen molar-refractivity contribution in [3.8, 4) is 18.1 Å². The molecule has 1 aromatic rings. The van der Waals surface area contributed by atoms with Gasteiger partial charge in [-0.2, -0.15) is 0 Å². The van der Waals surface area contributed by atoms with Gasteiger partial charge in [0.15, 0.2) is 0 Å². The van der Waals surface area contributed by atoms with Gasteiger partial charge in [0, 0.05) is 18.1 Å². The molecule has 1 aliphatic carbocycles. The Morgan fingerprint density at radius 2 is 1.97 bits per heavy atom. The van der Waals surface area contributed by atoms with E-state index in [4.69, 9.17) is 20.9 Å². The summed E-state index contributed by atoms with van der Waals surface area (Å²) in [5, 5.41) is 0. The number of hydrogen-bond acceptors (Lipinski definition) is 5. The Morgan fingerprint density at radius 1 is 1.27 bits per heavy atom. The Labute approximate surface area is 178 Å². The van der Waals surface area contributed by atoms with Crippen molar-refractivity contribution in [3.63, 3.8) is 0 Å². The van der Waals surface area contributed by atoms with Crippen LogP contribution in [0.15, 0.2) is 40.5 Å². The molecular weight excluding hydrogens is 378 g/mol. The van der Waals surface area contributed by atoms with Gasteiger partial charge in [-0.15, -0.1) is 6.42 Å². The molecule has 1 fully saturated rings. The van der Waals surface area contributed by atoms with Gasteiger partial charge in [0.25, 0.3) is 0 Å². The second kappa shape index (κ2) is 8.87. The molecular formula is C25H29NO4. The van der Waals surface area contributed by atoms with Crippen molar-refractivity contribution in [1.82, 2.24) is 0 Å². The minimum atomic E-state index is -0.397. The highest BCUT2D eigenvalue weighted by Gasteiger charge is 2.47. The van der Waals surface area contributed by atoms with Crippen molar-refractivity contribution in [2.75, 3.05) is 13.7 Å². The summed E-state index contributed by atoms with van der Waals surface area (Å²) in [6.07, 6.45) is 7.66. The van der Waals surface area contributed by atoms with Gasteiger partial charge < -0.3 is 9.47 Å². The fraction of sp³-hybridized carbons (Fsp3) is 0.480. The van der Waals surface area contributed by atoms with Gasteiger partial charge in [-0.25, -0.2) is 4.79 Å². The lowest BCUT2D eigenvalue weighted by molar-refractivity contribution is -0.137. The predicted molar refractivity (Wildman–Crippen MR) is 116 cm³/mol. The highest BCUT2D eigenvalue weighted by atomic mass is 16.5. The number of allylic oxidation sites excluding steroid dienone is 1. The molecule has 2 aliphatic rings. The number of carbonyl (C=O) groups is 2. The highest BCUT2D eigenvalue weighted by molar-refractivity contribution is 6.11.